The van der Waals surface area contributed by atoms with Crippen molar-refractivity contribution < 1.29 is 19.7 Å². The molecule has 3 fully saturated rings. The van der Waals surface area contributed by atoms with Crippen LogP contribution in [0.2, 0.25) is 0 Å². The Morgan fingerprint density at radius 2 is 2.13 bits per heavy atom. The van der Waals surface area contributed by atoms with Crippen LogP contribution in [0.3, 0.4) is 0 Å². The molecule has 2 aromatic rings. The van der Waals surface area contributed by atoms with Gasteiger partial charge in [0, 0.05) is 17.7 Å². The number of aliphatic hydroxyl groups excluding tert-OH is 2. The number of aryl methyl sites for hydroxylation is 1. The molecule has 0 amide bonds. The SMILES string of the molecule is OCc1csc([C@H]2CC[C@@H]3[C@@H](COc4ccc5c(c4)C4(CC5)CC4)[C@@H](O)C[C@@H]3O2)n1. The van der Waals surface area contributed by atoms with E-state index in [2.05, 4.69) is 23.2 Å². The third kappa shape index (κ3) is 3.20. The molecule has 0 radical (unpaired) electrons. The summed E-state index contributed by atoms with van der Waals surface area (Å²) in [5, 5.41) is 22.8. The molecular weight excluding hydrogens is 398 g/mol. The molecule has 2 saturated carbocycles. The largest absolute Gasteiger partial charge is 0.493 e. The van der Waals surface area contributed by atoms with Crippen LogP contribution >= 0.6 is 11.3 Å². The average Bonchev–Trinajstić information content (AvgIpc) is 3.09. The highest BCUT2D eigenvalue weighted by Crippen LogP contribution is 2.57. The van der Waals surface area contributed by atoms with Gasteiger partial charge in [0.15, 0.2) is 0 Å². The number of ether oxygens (including phenoxy) is 2. The van der Waals surface area contributed by atoms with Crippen LogP contribution in [0.1, 0.15) is 66.5 Å². The fourth-order valence-electron chi connectivity index (χ4n) is 6.02. The highest BCUT2D eigenvalue weighted by atomic mass is 32.1. The smallest absolute Gasteiger partial charge is 0.122 e. The molecule has 6 heteroatoms. The maximum atomic E-state index is 10.7. The lowest BCUT2D eigenvalue weighted by molar-refractivity contribution is -0.0812. The minimum atomic E-state index is -0.382. The van der Waals surface area contributed by atoms with Gasteiger partial charge in [0.05, 0.1) is 31.1 Å². The first-order chi connectivity index (χ1) is 14.6. The third-order valence-corrected chi connectivity index (χ3v) is 8.91. The lowest BCUT2D eigenvalue weighted by atomic mass is 9.87. The molecule has 5 atom stereocenters. The minimum Gasteiger partial charge on any atom is -0.493 e. The zero-order valence-corrected chi connectivity index (χ0v) is 17.9. The van der Waals surface area contributed by atoms with Gasteiger partial charge < -0.3 is 19.7 Å². The lowest BCUT2D eigenvalue weighted by Gasteiger charge is -2.33. The normalized spacial score (nSPS) is 33.5. The summed E-state index contributed by atoms with van der Waals surface area (Å²) in [5.41, 5.74) is 4.18. The van der Waals surface area contributed by atoms with Crippen molar-refractivity contribution in [2.75, 3.05) is 6.61 Å². The fraction of sp³-hybridized carbons (Fsp3) is 0.625. The van der Waals surface area contributed by atoms with Gasteiger partial charge >= 0.3 is 0 Å². The van der Waals surface area contributed by atoms with Gasteiger partial charge in [-0.3, -0.25) is 0 Å². The molecule has 0 unspecified atom stereocenters. The molecule has 160 valence electrons. The van der Waals surface area contributed by atoms with E-state index in [0.29, 0.717) is 30.1 Å². The Kier molecular flexibility index (Phi) is 4.68. The number of benzene rings is 1. The number of hydrogen-bond donors (Lipinski definition) is 2. The molecule has 1 aliphatic heterocycles. The third-order valence-electron chi connectivity index (χ3n) is 7.93. The van der Waals surface area contributed by atoms with Gasteiger partial charge in [-0.05, 0) is 73.1 Å². The molecule has 2 N–H and O–H groups in total. The van der Waals surface area contributed by atoms with Crippen LogP contribution in [0.15, 0.2) is 23.6 Å². The molecule has 3 aliphatic carbocycles. The van der Waals surface area contributed by atoms with Crippen molar-refractivity contribution in [1.82, 2.24) is 4.98 Å². The fourth-order valence-corrected chi connectivity index (χ4v) is 6.89. The van der Waals surface area contributed by atoms with Crippen LogP contribution in [-0.2, 0) is 23.2 Å². The molecule has 1 aromatic heterocycles. The summed E-state index contributed by atoms with van der Waals surface area (Å²) in [5.74, 6) is 1.40. The van der Waals surface area contributed by atoms with E-state index in [4.69, 9.17) is 9.47 Å². The van der Waals surface area contributed by atoms with E-state index in [0.717, 1.165) is 23.6 Å². The Labute approximate surface area is 181 Å². The molecule has 1 saturated heterocycles. The average molecular weight is 428 g/mol. The summed E-state index contributed by atoms with van der Waals surface area (Å²) in [7, 11) is 0. The van der Waals surface area contributed by atoms with Crippen molar-refractivity contribution in [3.63, 3.8) is 0 Å². The monoisotopic (exact) mass is 427 g/mol. The van der Waals surface area contributed by atoms with Gasteiger partial charge in [0.1, 0.15) is 16.9 Å². The molecular formula is C24H29NO4S. The molecule has 2 heterocycles. The van der Waals surface area contributed by atoms with Crippen LogP contribution in [0, 0.1) is 11.8 Å². The minimum absolute atomic E-state index is 0.0186. The van der Waals surface area contributed by atoms with E-state index < -0.39 is 0 Å². The number of hydrogen-bond acceptors (Lipinski definition) is 6. The first kappa shape index (κ1) is 19.2. The van der Waals surface area contributed by atoms with Gasteiger partial charge in [-0.1, -0.05) is 6.07 Å². The predicted molar refractivity (Wildman–Crippen MR) is 114 cm³/mol. The van der Waals surface area contributed by atoms with E-state index >= 15 is 0 Å². The summed E-state index contributed by atoms with van der Waals surface area (Å²) in [6.07, 6.45) is 7.40. The van der Waals surface area contributed by atoms with Gasteiger partial charge in [0.25, 0.3) is 0 Å². The van der Waals surface area contributed by atoms with Crippen LogP contribution < -0.4 is 4.74 Å². The second kappa shape index (κ2) is 7.30. The maximum Gasteiger partial charge on any atom is 0.122 e. The number of thiazole rings is 1. The molecule has 30 heavy (non-hydrogen) atoms. The van der Waals surface area contributed by atoms with Crippen molar-refractivity contribution in [3.05, 3.63) is 45.4 Å². The summed E-state index contributed by atoms with van der Waals surface area (Å²) >= 11 is 1.56. The van der Waals surface area contributed by atoms with Crippen molar-refractivity contribution in [2.24, 2.45) is 11.8 Å². The first-order valence-electron chi connectivity index (χ1n) is 11.3. The van der Waals surface area contributed by atoms with Gasteiger partial charge in [0.2, 0.25) is 0 Å². The van der Waals surface area contributed by atoms with Crippen LogP contribution in [0.5, 0.6) is 5.75 Å². The maximum absolute atomic E-state index is 10.7. The second-order valence-corrected chi connectivity index (χ2v) is 10.5. The Morgan fingerprint density at radius 3 is 2.93 bits per heavy atom. The Bertz CT molecular complexity index is 939. The Balaban J connectivity index is 1.11. The zero-order chi connectivity index (χ0) is 20.3. The molecule has 0 bridgehead atoms. The number of nitrogens with zero attached hydrogens (tertiary/aromatic N) is 1. The van der Waals surface area contributed by atoms with Crippen molar-refractivity contribution in [1.29, 1.82) is 0 Å². The van der Waals surface area contributed by atoms with Crippen molar-refractivity contribution in [2.45, 2.75) is 75.3 Å². The topological polar surface area (TPSA) is 71.8 Å². The van der Waals surface area contributed by atoms with Gasteiger partial charge in [-0.2, -0.15) is 0 Å². The van der Waals surface area contributed by atoms with E-state index in [9.17, 15) is 10.2 Å². The Hall–Kier alpha value is -1.47. The first-order valence-corrected chi connectivity index (χ1v) is 12.2. The highest BCUT2D eigenvalue weighted by molar-refractivity contribution is 7.09. The summed E-state index contributed by atoms with van der Waals surface area (Å²) in [6, 6.07) is 6.62. The van der Waals surface area contributed by atoms with E-state index in [1.807, 2.05) is 5.38 Å². The van der Waals surface area contributed by atoms with Crippen LogP contribution in [0.4, 0.5) is 0 Å². The molecule has 1 spiro atoms. The Morgan fingerprint density at radius 1 is 1.23 bits per heavy atom. The number of aromatic nitrogens is 1. The summed E-state index contributed by atoms with van der Waals surface area (Å²) in [6.45, 7) is 0.519. The van der Waals surface area contributed by atoms with Gasteiger partial charge in [-0.25, -0.2) is 4.98 Å². The number of fused-ring (bicyclic) bond motifs is 3. The highest BCUT2D eigenvalue weighted by Gasteiger charge is 2.49. The van der Waals surface area contributed by atoms with E-state index in [1.165, 1.54) is 36.8 Å². The standard InChI is InChI=1S/C24H29NO4S/c26-11-15-13-30-23(25-15)21-4-3-17-18(20(27)10-22(17)29-21)12-28-16-2-1-14-5-6-24(7-8-24)19(14)9-16/h1-2,9,13,17-18,20-22,26-27H,3-8,10-12H2/t17-,18-,20+,21-,22+/m1/s1. The van der Waals surface area contributed by atoms with E-state index in [-0.39, 0.29) is 30.8 Å². The van der Waals surface area contributed by atoms with Crippen molar-refractivity contribution >= 4 is 11.3 Å². The quantitative estimate of drug-likeness (QED) is 0.757. The second-order valence-electron chi connectivity index (χ2n) is 9.62. The molecule has 6 rings (SSSR count). The number of aliphatic hydroxyl groups is 2. The molecule has 4 aliphatic rings. The van der Waals surface area contributed by atoms with Gasteiger partial charge in [-0.15, -0.1) is 11.3 Å². The number of rotatable bonds is 5. The lowest BCUT2D eigenvalue weighted by Crippen LogP contribution is -2.33. The summed E-state index contributed by atoms with van der Waals surface area (Å²) < 4.78 is 12.6. The zero-order valence-electron chi connectivity index (χ0n) is 17.1. The van der Waals surface area contributed by atoms with Crippen LogP contribution in [-0.4, -0.2) is 34.0 Å². The molecule has 5 nitrogen and oxygen atoms in total. The molecule has 1 aromatic carbocycles. The van der Waals surface area contributed by atoms with Crippen molar-refractivity contribution in [3.8, 4) is 5.75 Å². The summed E-state index contributed by atoms with van der Waals surface area (Å²) in [4.78, 5) is 4.48. The van der Waals surface area contributed by atoms with Crippen LogP contribution in [0.25, 0.3) is 0 Å². The predicted octanol–water partition coefficient (Wildman–Crippen LogP) is 3.91. The van der Waals surface area contributed by atoms with E-state index in [1.54, 1.807) is 11.3 Å².